The SMILES string of the molecule is C1=NCC2=C1CNN2. The molecule has 0 unspecified atom stereocenters. The van der Waals surface area contributed by atoms with Crippen molar-refractivity contribution in [2.75, 3.05) is 13.1 Å². The van der Waals surface area contributed by atoms with Crippen molar-refractivity contribution in [2.45, 2.75) is 0 Å². The number of hydrazine groups is 1. The van der Waals surface area contributed by atoms with E-state index < -0.39 is 0 Å². The number of hydrogen-bond donors (Lipinski definition) is 2. The maximum Gasteiger partial charge on any atom is 0.0803 e. The van der Waals surface area contributed by atoms with Crippen LogP contribution in [0.25, 0.3) is 0 Å². The number of nitrogens with one attached hydrogen (secondary N) is 2. The minimum absolute atomic E-state index is 0.836. The molecule has 8 heavy (non-hydrogen) atoms. The van der Waals surface area contributed by atoms with Gasteiger partial charge in [-0.05, 0) is 0 Å². The molecular weight excluding hydrogens is 102 g/mol. The van der Waals surface area contributed by atoms with Crippen molar-refractivity contribution < 1.29 is 0 Å². The molecule has 2 N–H and O–H groups in total. The molecule has 0 bridgehead atoms. The van der Waals surface area contributed by atoms with E-state index in [0.29, 0.717) is 0 Å². The fourth-order valence-corrected chi connectivity index (χ4v) is 0.945. The van der Waals surface area contributed by atoms with Crippen molar-refractivity contribution >= 4 is 6.21 Å². The van der Waals surface area contributed by atoms with Gasteiger partial charge in [-0.25, -0.2) is 5.43 Å². The minimum Gasteiger partial charge on any atom is -0.323 e. The van der Waals surface area contributed by atoms with Crippen LogP contribution < -0.4 is 10.9 Å². The molecule has 2 aliphatic heterocycles. The molecule has 2 rings (SSSR count). The Hall–Kier alpha value is -0.830. The Morgan fingerprint density at radius 2 is 2.62 bits per heavy atom. The lowest BCUT2D eigenvalue weighted by Crippen LogP contribution is -2.25. The highest BCUT2D eigenvalue weighted by Gasteiger charge is 2.13. The summed E-state index contributed by atoms with van der Waals surface area (Å²) in [7, 11) is 0. The first-order chi connectivity index (χ1) is 3.97. The molecule has 0 aromatic rings. The molecule has 0 saturated heterocycles. The molecule has 0 aliphatic carbocycles. The van der Waals surface area contributed by atoms with E-state index in [4.69, 9.17) is 0 Å². The average Bonchev–Trinajstić information content (AvgIpc) is 2.15. The van der Waals surface area contributed by atoms with Gasteiger partial charge in [-0.1, -0.05) is 0 Å². The zero-order chi connectivity index (χ0) is 5.40. The Morgan fingerprint density at radius 3 is 3.50 bits per heavy atom. The highest BCUT2D eigenvalue weighted by atomic mass is 15.4. The number of hydrogen-bond acceptors (Lipinski definition) is 3. The van der Waals surface area contributed by atoms with E-state index in [1.807, 2.05) is 6.21 Å². The molecule has 2 heterocycles. The van der Waals surface area contributed by atoms with Crippen LogP contribution in [0.15, 0.2) is 16.3 Å². The molecule has 0 amide bonds. The monoisotopic (exact) mass is 109 g/mol. The van der Waals surface area contributed by atoms with Gasteiger partial charge in [-0.3, -0.25) is 4.99 Å². The Morgan fingerprint density at radius 1 is 1.62 bits per heavy atom. The van der Waals surface area contributed by atoms with Crippen LogP contribution in [0.4, 0.5) is 0 Å². The maximum atomic E-state index is 4.07. The fourth-order valence-electron chi connectivity index (χ4n) is 0.945. The predicted octanol–water partition coefficient (Wildman–Crippen LogP) is -0.567. The van der Waals surface area contributed by atoms with Crippen LogP contribution in [-0.2, 0) is 0 Å². The summed E-state index contributed by atoms with van der Waals surface area (Å²) >= 11 is 0. The third kappa shape index (κ3) is 0.391. The van der Waals surface area contributed by atoms with E-state index in [1.54, 1.807) is 0 Å². The van der Waals surface area contributed by atoms with Crippen molar-refractivity contribution in [3.63, 3.8) is 0 Å². The second-order valence-electron chi connectivity index (χ2n) is 1.95. The van der Waals surface area contributed by atoms with E-state index >= 15 is 0 Å². The number of aliphatic imine (C=N–C) groups is 1. The van der Waals surface area contributed by atoms with Gasteiger partial charge < -0.3 is 5.43 Å². The fraction of sp³-hybridized carbons (Fsp3) is 0.400. The lowest BCUT2D eigenvalue weighted by atomic mass is 10.3. The van der Waals surface area contributed by atoms with Crippen molar-refractivity contribution in [3.8, 4) is 0 Å². The molecule has 42 valence electrons. The van der Waals surface area contributed by atoms with Crippen molar-refractivity contribution in [1.29, 1.82) is 0 Å². The zero-order valence-corrected chi connectivity index (χ0v) is 4.44. The quantitative estimate of drug-likeness (QED) is 0.437. The molecule has 0 fully saturated rings. The van der Waals surface area contributed by atoms with Gasteiger partial charge in [0.25, 0.3) is 0 Å². The van der Waals surface area contributed by atoms with Gasteiger partial charge in [0.15, 0.2) is 0 Å². The summed E-state index contributed by atoms with van der Waals surface area (Å²) in [5, 5.41) is 0. The van der Waals surface area contributed by atoms with Gasteiger partial charge in [-0.2, -0.15) is 0 Å². The third-order valence-electron chi connectivity index (χ3n) is 1.40. The van der Waals surface area contributed by atoms with Crippen molar-refractivity contribution in [2.24, 2.45) is 4.99 Å². The van der Waals surface area contributed by atoms with Crippen LogP contribution in [0.3, 0.4) is 0 Å². The molecule has 0 spiro atoms. The summed E-state index contributed by atoms with van der Waals surface area (Å²) in [6.07, 6.45) is 1.92. The number of rotatable bonds is 0. The van der Waals surface area contributed by atoms with Gasteiger partial charge in [-0.15, -0.1) is 0 Å². The van der Waals surface area contributed by atoms with Crippen LogP contribution in [0.1, 0.15) is 0 Å². The second-order valence-corrected chi connectivity index (χ2v) is 1.95. The number of nitrogens with zero attached hydrogens (tertiary/aromatic N) is 1. The lowest BCUT2D eigenvalue weighted by molar-refractivity contribution is 0.687. The topological polar surface area (TPSA) is 36.4 Å². The molecule has 0 aromatic carbocycles. The molecule has 0 saturated carbocycles. The second kappa shape index (κ2) is 1.32. The normalized spacial score (nSPS) is 24.0. The van der Waals surface area contributed by atoms with Crippen LogP contribution in [0.2, 0.25) is 0 Å². The summed E-state index contributed by atoms with van der Waals surface area (Å²) in [5.41, 5.74) is 8.58. The van der Waals surface area contributed by atoms with Crippen LogP contribution in [0.5, 0.6) is 0 Å². The zero-order valence-electron chi connectivity index (χ0n) is 4.44. The van der Waals surface area contributed by atoms with Gasteiger partial charge in [0.1, 0.15) is 0 Å². The first-order valence-corrected chi connectivity index (χ1v) is 2.67. The first kappa shape index (κ1) is 4.09. The lowest BCUT2D eigenvalue weighted by Gasteiger charge is -1.95. The van der Waals surface area contributed by atoms with Crippen LogP contribution in [0, 0.1) is 0 Å². The van der Waals surface area contributed by atoms with E-state index in [1.165, 1.54) is 11.3 Å². The summed E-state index contributed by atoms with van der Waals surface area (Å²) in [6, 6.07) is 0. The maximum absolute atomic E-state index is 4.07. The van der Waals surface area contributed by atoms with Crippen LogP contribution in [-0.4, -0.2) is 19.3 Å². The Bertz CT molecular complexity index is 169. The largest absolute Gasteiger partial charge is 0.323 e. The van der Waals surface area contributed by atoms with E-state index in [9.17, 15) is 0 Å². The van der Waals surface area contributed by atoms with Crippen LogP contribution >= 0.6 is 0 Å². The Balaban J connectivity index is 2.33. The first-order valence-electron chi connectivity index (χ1n) is 2.67. The van der Waals surface area contributed by atoms with Gasteiger partial charge in [0.2, 0.25) is 0 Å². The van der Waals surface area contributed by atoms with Gasteiger partial charge in [0.05, 0.1) is 12.2 Å². The van der Waals surface area contributed by atoms with E-state index in [2.05, 4.69) is 15.8 Å². The van der Waals surface area contributed by atoms with Gasteiger partial charge >= 0.3 is 0 Å². The molecule has 0 aromatic heterocycles. The molecule has 0 radical (unpaired) electrons. The van der Waals surface area contributed by atoms with Crippen molar-refractivity contribution in [1.82, 2.24) is 10.9 Å². The summed E-state index contributed by atoms with van der Waals surface area (Å²) in [5.74, 6) is 0. The van der Waals surface area contributed by atoms with E-state index in [0.717, 1.165) is 13.1 Å². The van der Waals surface area contributed by atoms with Crippen molar-refractivity contribution in [3.05, 3.63) is 11.3 Å². The average molecular weight is 109 g/mol. The summed E-state index contributed by atoms with van der Waals surface area (Å²) in [4.78, 5) is 4.07. The molecular formula is C5H7N3. The highest BCUT2D eigenvalue weighted by Crippen LogP contribution is 2.08. The highest BCUT2D eigenvalue weighted by molar-refractivity contribution is 5.83. The third-order valence-corrected chi connectivity index (χ3v) is 1.40. The molecule has 3 heteroatoms. The summed E-state index contributed by atoms with van der Waals surface area (Å²) in [6.45, 7) is 1.77. The van der Waals surface area contributed by atoms with E-state index in [-0.39, 0.29) is 0 Å². The molecule has 2 aliphatic rings. The Labute approximate surface area is 47.5 Å². The molecule has 3 nitrogen and oxygen atoms in total. The standard InChI is InChI=1S/C5H7N3/c1-4-2-7-8-5(4)3-6-1/h1,7-8H,2-3H2. The predicted molar refractivity (Wildman–Crippen MR) is 31.5 cm³/mol. The van der Waals surface area contributed by atoms with Gasteiger partial charge in [0, 0.05) is 18.3 Å². The summed E-state index contributed by atoms with van der Waals surface area (Å²) < 4.78 is 0. The molecule has 0 atom stereocenters. The smallest absolute Gasteiger partial charge is 0.0803 e. The minimum atomic E-state index is 0.836. The Kier molecular flexibility index (Phi) is 0.676.